The third kappa shape index (κ3) is 4.79. The number of amides is 1. The summed E-state index contributed by atoms with van der Waals surface area (Å²) in [6, 6.07) is -2.85. The van der Waals surface area contributed by atoms with E-state index in [1.165, 1.54) is 6.92 Å². The number of nitrogens with two attached hydrogens (primary N) is 1. The van der Waals surface area contributed by atoms with Crippen LogP contribution in [0.25, 0.3) is 0 Å². The maximum Gasteiger partial charge on any atom is 0.254 e. The molecule has 7 nitrogen and oxygen atoms in total. The van der Waals surface area contributed by atoms with Gasteiger partial charge in [-0.25, -0.2) is 4.98 Å². The van der Waals surface area contributed by atoms with Gasteiger partial charge in [0.15, 0.2) is 0 Å². The zero-order valence-electron chi connectivity index (χ0n) is 19.6. The first-order valence-corrected chi connectivity index (χ1v) is 7.29. The second-order valence-corrected chi connectivity index (χ2v) is 6.45. The van der Waals surface area contributed by atoms with Gasteiger partial charge in [0.2, 0.25) is 5.95 Å². The second kappa shape index (κ2) is 6.70. The topological polar surface area (TPSA) is 113 Å². The molecule has 4 unspecified atom stereocenters. The summed E-state index contributed by atoms with van der Waals surface area (Å²) in [6.45, 7) is 6.84. The molecule has 2 rings (SSSR count). The first kappa shape index (κ1) is 10.8. The standard InChI is InChI=1S/C16H27N5O2/c1-9-5-6-10(7-12(9)22)19-14-11(13(17)23)8-18-15(20-14)21-16(2,3)4/h8-10,12,22H,5-7H2,1-4H3,(H2,17,23)(H2,18,19,20,21)/i5D,6D2,7D2,10D. The Bertz CT molecular complexity index is 778. The van der Waals surface area contributed by atoms with E-state index in [4.69, 9.17) is 14.0 Å². The van der Waals surface area contributed by atoms with Gasteiger partial charge in [-0.05, 0) is 45.8 Å². The fraction of sp³-hybridized carbons (Fsp3) is 0.688. The molecule has 1 aliphatic carbocycles. The SMILES string of the molecule is [2H]C1C(C)C(O)C([2H])([2H])C([2H])(Nc2nc(NC(C)(C)C)ncc2C(N)=O)C1([2H])[2H]. The predicted octanol–water partition coefficient (Wildman–Crippen LogP) is 1.75. The first-order chi connectivity index (χ1) is 13.0. The fourth-order valence-corrected chi connectivity index (χ4v) is 1.87. The molecule has 0 saturated heterocycles. The average molecular weight is 327 g/mol. The van der Waals surface area contributed by atoms with Crippen LogP contribution in [0.2, 0.25) is 0 Å². The highest BCUT2D eigenvalue weighted by Gasteiger charge is 2.27. The summed E-state index contributed by atoms with van der Waals surface area (Å²) in [6.07, 6.45) is -7.92. The molecule has 1 fully saturated rings. The maximum absolute atomic E-state index is 11.8. The Labute approximate surface area is 145 Å². The Morgan fingerprint density at radius 3 is 2.87 bits per heavy atom. The maximum atomic E-state index is 11.8. The molecule has 0 bridgehead atoms. The molecule has 1 aromatic heterocycles. The molecular formula is C16H27N5O2. The van der Waals surface area contributed by atoms with Crippen LogP contribution in [0, 0.1) is 5.92 Å². The highest BCUT2D eigenvalue weighted by Crippen LogP contribution is 2.27. The molecule has 23 heavy (non-hydrogen) atoms. The van der Waals surface area contributed by atoms with E-state index in [1.807, 2.05) is 20.8 Å². The van der Waals surface area contributed by atoms with Crippen molar-refractivity contribution in [3.63, 3.8) is 0 Å². The van der Waals surface area contributed by atoms with E-state index in [2.05, 4.69) is 20.6 Å². The van der Waals surface area contributed by atoms with Crippen LogP contribution >= 0.6 is 0 Å². The van der Waals surface area contributed by atoms with Gasteiger partial charge in [0.1, 0.15) is 5.82 Å². The summed E-state index contributed by atoms with van der Waals surface area (Å²) >= 11 is 0. The number of nitrogens with zero attached hydrogens (tertiary/aromatic N) is 2. The van der Waals surface area contributed by atoms with Crippen molar-refractivity contribution in [2.24, 2.45) is 11.7 Å². The quantitative estimate of drug-likeness (QED) is 0.670. The Balaban J connectivity index is 2.62. The number of primary amides is 1. The Morgan fingerprint density at radius 2 is 2.26 bits per heavy atom. The van der Waals surface area contributed by atoms with Crippen molar-refractivity contribution in [2.75, 3.05) is 10.6 Å². The first-order valence-electron chi connectivity index (χ1n) is 10.4. The minimum atomic E-state index is -2.85. The minimum absolute atomic E-state index is 0.0434. The molecular weight excluding hydrogens is 294 g/mol. The van der Waals surface area contributed by atoms with Crippen molar-refractivity contribution in [3.05, 3.63) is 11.8 Å². The molecule has 0 aliphatic heterocycles. The highest BCUT2D eigenvalue weighted by atomic mass is 16.3. The third-order valence-corrected chi connectivity index (χ3v) is 3.07. The van der Waals surface area contributed by atoms with Crippen LogP contribution in [0.1, 0.15) is 65.4 Å². The number of hydrogen-bond donors (Lipinski definition) is 4. The van der Waals surface area contributed by atoms with Crippen LogP contribution in [-0.2, 0) is 0 Å². The van der Waals surface area contributed by atoms with Crippen molar-refractivity contribution < 1.29 is 18.1 Å². The smallest absolute Gasteiger partial charge is 0.254 e. The van der Waals surface area contributed by atoms with Gasteiger partial charge < -0.3 is 21.5 Å². The van der Waals surface area contributed by atoms with E-state index in [0.29, 0.717) is 0 Å². The van der Waals surface area contributed by atoms with E-state index in [9.17, 15) is 9.90 Å². The number of rotatable bonds is 4. The van der Waals surface area contributed by atoms with Crippen molar-refractivity contribution >= 4 is 17.7 Å². The zero-order valence-corrected chi connectivity index (χ0v) is 13.6. The fourth-order valence-electron chi connectivity index (χ4n) is 1.87. The van der Waals surface area contributed by atoms with Crippen molar-refractivity contribution in [1.82, 2.24) is 9.97 Å². The molecule has 1 aliphatic rings. The predicted molar refractivity (Wildman–Crippen MR) is 90.4 cm³/mol. The number of aliphatic hydroxyl groups excluding tert-OH is 1. The molecule has 1 saturated carbocycles. The number of aliphatic hydroxyl groups is 1. The number of carbonyl (C=O) groups excluding carboxylic acids is 1. The minimum Gasteiger partial charge on any atom is -0.393 e. The monoisotopic (exact) mass is 327 g/mol. The molecule has 1 amide bonds. The summed E-state index contributed by atoms with van der Waals surface area (Å²) in [5, 5.41) is 15.6. The van der Waals surface area contributed by atoms with Gasteiger partial charge in [-0.1, -0.05) is 6.92 Å². The van der Waals surface area contributed by atoms with Crippen molar-refractivity contribution in [3.8, 4) is 0 Å². The molecule has 4 atom stereocenters. The number of aromatic nitrogens is 2. The Hall–Kier alpha value is -1.89. The average Bonchev–Trinajstić information content (AvgIpc) is 2.56. The Morgan fingerprint density at radius 1 is 1.57 bits per heavy atom. The van der Waals surface area contributed by atoms with Gasteiger partial charge in [-0.15, -0.1) is 0 Å². The third-order valence-electron chi connectivity index (χ3n) is 3.07. The molecule has 0 radical (unpaired) electrons. The lowest BCUT2D eigenvalue weighted by Crippen LogP contribution is -2.36. The van der Waals surface area contributed by atoms with Crippen molar-refractivity contribution in [2.45, 2.75) is 64.5 Å². The van der Waals surface area contributed by atoms with Crippen LogP contribution in [0.5, 0.6) is 0 Å². The van der Waals surface area contributed by atoms with Gasteiger partial charge >= 0.3 is 0 Å². The van der Waals surface area contributed by atoms with Crippen LogP contribution in [0.15, 0.2) is 6.20 Å². The summed E-state index contributed by atoms with van der Waals surface area (Å²) in [7, 11) is 0. The zero-order chi connectivity index (χ0) is 22.6. The van der Waals surface area contributed by atoms with E-state index in [1.54, 1.807) is 0 Å². The lowest BCUT2D eigenvalue weighted by atomic mass is 9.85. The van der Waals surface area contributed by atoms with Gasteiger partial charge in [0, 0.05) is 24.6 Å². The van der Waals surface area contributed by atoms with E-state index >= 15 is 0 Å². The van der Waals surface area contributed by atoms with Gasteiger partial charge in [-0.3, -0.25) is 4.79 Å². The summed E-state index contributed by atoms with van der Waals surface area (Å²) < 4.78 is 49.8. The highest BCUT2D eigenvalue weighted by molar-refractivity contribution is 5.97. The van der Waals surface area contributed by atoms with Crippen LogP contribution < -0.4 is 16.4 Å². The summed E-state index contributed by atoms with van der Waals surface area (Å²) in [5.41, 5.74) is 4.60. The molecule has 5 N–H and O–H groups in total. The van der Waals surface area contributed by atoms with Gasteiger partial charge in [0.05, 0.1) is 13.0 Å². The van der Waals surface area contributed by atoms with Crippen LogP contribution in [0.3, 0.4) is 0 Å². The van der Waals surface area contributed by atoms with Crippen molar-refractivity contribution in [1.29, 1.82) is 0 Å². The molecule has 128 valence electrons. The molecule has 0 aromatic carbocycles. The van der Waals surface area contributed by atoms with Crippen LogP contribution in [-0.4, -0.2) is 38.6 Å². The van der Waals surface area contributed by atoms with E-state index in [0.717, 1.165) is 6.20 Å². The van der Waals surface area contributed by atoms with Gasteiger partial charge in [-0.2, -0.15) is 4.98 Å². The van der Waals surface area contributed by atoms with E-state index < -0.39 is 48.6 Å². The number of hydrogen-bond acceptors (Lipinski definition) is 6. The summed E-state index contributed by atoms with van der Waals surface area (Å²) in [5.74, 6) is -2.36. The molecule has 0 spiro atoms. The van der Waals surface area contributed by atoms with Crippen LogP contribution in [0.4, 0.5) is 11.8 Å². The number of carbonyl (C=O) groups is 1. The Kier molecular flexibility index (Phi) is 3.15. The normalized spacial score (nSPS) is 39.6. The molecule has 7 heteroatoms. The number of anilines is 2. The second-order valence-electron chi connectivity index (χ2n) is 6.45. The molecule has 1 heterocycles. The lowest BCUT2D eigenvalue weighted by molar-refractivity contribution is 0.0739. The number of nitrogens with one attached hydrogen (secondary N) is 2. The molecule has 1 aromatic rings. The summed E-state index contributed by atoms with van der Waals surface area (Å²) in [4.78, 5) is 19.9. The van der Waals surface area contributed by atoms with Gasteiger partial charge in [0.25, 0.3) is 5.91 Å². The largest absolute Gasteiger partial charge is 0.393 e. The van der Waals surface area contributed by atoms with E-state index in [-0.39, 0.29) is 17.3 Å². The lowest BCUT2D eigenvalue weighted by Gasteiger charge is -2.32.